The molecule has 2 nitrogen and oxygen atoms in total. The summed E-state index contributed by atoms with van der Waals surface area (Å²) >= 11 is 0. The normalized spacial score (nSPS) is 11.3. The zero-order chi connectivity index (χ0) is 22.4. The van der Waals surface area contributed by atoms with Gasteiger partial charge in [-0.15, -0.1) is 0 Å². The first-order valence-electron chi connectivity index (χ1n) is 11.1. The number of benzene rings is 6. The highest BCUT2D eigenvalue weighted by Gasteiger charge is 2.22. The summed E-state index contributed by atoms with van der Waals surface area (Å²) in [5.41, 5.74) is 4.99. The van der Waals surface area contributed by atoms with E-state index in [1.54, 1.807) is 0 Å². The van der Waals surface area contributed by atoms with E-state index < -0.39 is 7.12 Å². The number of hydrogen-bond acceptors (Lipinski definition) is 2. The van der Waals surface area contributed by atoms with Gasteiger partial charge in [-0.05, 0) is 72.2 Å². The van der Waals surface area contributed by atoms with Gasteiger partial charge in [0.2, 0.25) is 0 Å². The molecule has 0 aliphatic heterocycles. The quantitative estimate of drug-likeness (QED) is 0.264. The Hall–Kier alpha value is -3.92. The van der Waals surface area contributed by atoms with E-state index in [1.807, 2.05) is 42.5 Å². The van der Waals surface area contributed by atoms with E-state index in [9.17, 15) is 10.0 Å². The molecular formula is C30H21BO2. The maximum Gasteiger partial charge on any atom is 0.489 e. The molecule has 0 aliphatic carbocycles. The SMILES string of the molecule is OB(O)c1c2ccccc2c(-c2ccc3ccccc3c2)c2cc(-c3ccccc3)ccc12. The Morgan fingerprint density at radius 2 is 1.06 bits per heavy atom. The second-order valence-corrected chi connectivity index (χ2v) is 8.40. The van der Waals surface area contributed by atoms with Gasteiger partial charge in [0.15, 0.2) is 0 Å². The Kier molecular flexibility index (Phi) is 4.72. The van der Waals surface area contributed by atoms with Crippen molar-refractivity contribution in [1.29, 1.82) is 0 Å². The zero-order valence-electron chi connectivity index (χ0n) is 17.9. The fourth-order valence-corrected chi connectivity index (χ4v) is 4.96. The minimum Gasteiger partial charge on any atom is -0.423 e. The Balaban J connectivity index is 1.77. The van der Waals surface area contributed by atoms with E-state index in [2.05, 4.69) is 72.8 Å². The molecule has 0 saturated carbocycles. The minimum atomic E-state index is -1.56. The Labute approximate surface area is 192 Å². The highest BCUT2D eigenvalue weighted by molar-refractivity contribution is 6.66. The summed E-state index contributed by atoms with van der Waals surface area (Å²) in [6.45, 7) is 0. The average Bonchev–Trinajstić information content (AvgIpc) is 2.87. The first kappa shape index (κ1) is 19.7. The lowest BCUT2D eigenvalue weighted by molar-refractivity contribution is 0.426. The van der Waals surface area contributed by atoms with Gasteiger partial charge in [-0.25, -0.2) is 0 Å². The Morgan fingerprint density at radius 3 is 1.85 bits per heavy atom. The largest absolute Gasteiger partial charge is 0.489 e. The van der Waals surface area contributed by atoms with Crippen LogP contribution in [0.25, 0.3) is 54.6 Å². The molecule has 2 N–H and O–H groups in total. The summed E-state index contributed by atoms with van der Waals surface area (Å²) in [4.78, 5) is 0. The molecule has 0 amide bonds. The van der Waals surface area contributed by atoms with E-state index in [-0.39, 0.29) is 0 Å². The van der Waals surface area contributed by atoms with Crippen LogP contribution in [0, 0.1) is 0 Å². The number of hydrogen-bond donors (Lipinski definition) is 2. The molecular weight excluding hydrogens is 403 g/mol. The molecule has 0 heterocycles. The molecule has 3 heteroatoms. The van der Waals surface area contributed by atoms with Crippen LogP contribution >= 0.6 is 0 Å². The third-order valence-electron chi connectivity index (χ3n) is 6.47. The maximum atomic E-state index is 10.4. The standard InChI is InChI=1S/C30H21BO2/c32-31(33)30-26-13-7-6-12-25(26)29(24-15-14-21-10-4-5-11-22(21)18-24)28-19-23(16-17-27(28)30)20-8-2-1-3-9-20/h1-19,32-33H. The van der Waals surface area contributed by atoms with E-state index in [0.717, 1.165) is 43.8 Å². The lowest BCUT2D eigenvalue weighted by Gasteiger charge is -2.18. The van der Waals surface area contributed by atoms with Crippen LogP contribution in [0.1, 0.15) is 0 Å². The highest BCUT2D eigenvalue weighted by atomic mass is 16.4. The molecule has 156 valence electrons. The molecule has 0 aromatic heterocycles. The van der Waals surface area contributed by atoms with Crippen LogP contribution in [0.2, 0.25) is 0 Å². The lowest BCUT2D eigenvalue weighted by atomic mass is 9.72. The molecule has 0 bridgehead atoms. The fraction of sp³-hybridized carbons (Fsp3) is 0. The second kappa shape index (κ2) is 7.89. The van der Waals surface area contributed by atoms with Crippen molar-refractivity contribution in [1.82, 2.24) is 0 Å². The van der Waals surface area contributed by atoms with Crippen LogP contribution in [-0.4, -0.2) is 17.2 Å². The smallest absolute Gasteiger partial charge is 0.423 e. The summed E-state index contributed by atoms with van der Waals surface area (Å²) in [6.07, 6.45) is 0. The minimum absolute atomic E-state index is 0.546. The van der Waals surface area contributed by atoms with Crippen LogP contribution in [0.3, 0.4) is 0 Å². The summed E-state index contributed by atoms with van der Waals surface area (Å²) < 4.78 is 0. The fourth-order valence-electron chi connectivity index (χ4n) is 4.96. The van der Waals surface area contributed by atoms with E-state index >= 15 is 0 Å². The van der Waals surface area contributed by atoms with Gasteiger partial charge in [-0.1, -0.05) is 103 Å². The van der Waals surface area contributed by atoms with Crippen LogP contribution in [0.4, 0.5) is 0 Å². The van der Waals surface area contributed by atoms with Gasteiger partial charge in [0.25, 0.3) is 0 Å². The molecule has 0 aliphatic rings. The zero-order valence-corrected chi connectivity index (χ0v) is 17.9. The lowest BCUT2D eigenvalue weighted by Crippen LogP contribution is -2.31. The van der Waals surface area contributed by atoms with Gasteiger partial charge in [0.05, 0.1) is 0 Å². The van der Waals surface area contributed by atoms with Crippen molar-refractivity contribution in [2.75, 3.05) is 0 Å². The Bertz CT molecular complexity index is 1640. The topological polar surface area (TPSA) is 40.5 Å². The predicted molar refractivity (Wildman–Crippen MR) is 140 cm³/mol. The van der Waals surface area contributed by atoms with Crippen molar-refractivity contribution >= 4 is 44.9 Å². The molecule has 0 fully saturated rings. The van der Waals surface area contributed by atoms with Crippen LogP contribution in [-0.2, 0) is 0 Å². The molecule has 6 rings (SSSR count). The van der Waals surface area contributed by atoms with Gasteiger partial charge in [-0.3, -0.25) is 0 Å². The van der Waals surface area contributed by atoms with E-state index in [1.165, 1.54) is 10.8 Å². The molecule has 0 atom stereocenters. The van der Waals surface area contributed by atoms with Gasteiger partial charge >= 0.3 is 7.12 Å². The predicted octanol–water partition coefficient (Wildman–Crippen LogP) is 6.16. The van der Waals surface area contributed by atoms with Crippen LogP contribution in [0.5, 0.6) is 0 Å². The summed E-state index contributed by atoms with van der Waals surface area (Å²) in [7, 11) is -1.56. The van der Waals surface area contributed by atoms with E-state index in [0.29, 0.717) is 5.46 Å². The first-order valence-corrected chi connectivity index (χ1v) is 11.1. The molecule has 33 heavy (non-hydrogen) atoms. The van der Waals surface area contributed by atoms with Gasteiger partial charge in [0, 0.05) is 0 Å². The molecule has 6 aromatic rings. The van der Waals surface area contributed by atoms with Crippen LogP contribution < -0.4 is 5.46 Å². The summed E-state index contributed by atoms with van der Waals surface area (Å²) in [5, 5.41) is 26.8. The van der Waals surface area contributed by atoms with Crippen molar-refractivity contribution in [3.8, 4) is 22.3 Å². The first-order chi connectivity index (χ1) is 16.2. The van der Waals surface area contributed by atoms with E-state index in [4.69, 9.17) is 0 Å². The van der Waals surface area contributed by atoms with Gasteiger partial charge in [0.1, 0.15) is 0 Å². The monoisotopic (exact) mass is 424 g/mol. The molecule has 6 aromatic carbocycles. The van der Waals surface area contributed by atoms with Gasteiger partial charge < -0.3 is 10.0 Å². The number of fused-ring (bicyclic) bond motifs is 3. The second-order valence-electron chi connectivity index (χ2n) is 8.40. The molecule has 0 radical (unpaired) electrons. The molecule has 0 spiro atoms. The Morgan fingerprint density at radius 1 is 0.424 bits per heavy atom. The highest BCUT2D eigenvalue weighted by Crippen LogP contribution is 2.38. The summed E-state index contributed by atoms with van der Waals surface area (Å²) in [6, 6.07) is 39.4. The molecule has 0 unspecified atom stereocenters. The number of rotatable bonds is 3. The summed E-state index contributed by atoms with van der Waals surface area (Å²) in [5.74, 6) is 0. The van der Waals surface area contributed by atoms with Crippen molar-refractivity contribution in [2.45, 2.75) is 0 Å². The van der Waals surface area contributed by atoms with Crippen LogP contribution in [0.15, 0.2) is 115 Å². The molecule has 0 saturated heterocycles. The third kappa shape index (κ3) is 3.30. The van der Waals surface area contributed by atoms with Gasteiger partial charge in [-0.2, -0.15) is 0 Å². The third-order valence-corrected chi connectivity index (χ3v) is 6.47. The van der Waals surface area contributed by atoms with Crippen molar-refractivity contribution in [3.05, 3.63) is 115 Å². The van der Waals surface area contributed by atoms with Crippen molar-refractivity contribution in [3.63, 3.8) is 0 Å². The maximum absolute atomic E-state index is 10.4. The van der Waals surface area contributed by atoms with Crippen molar-refractivity contribution in [2.24, 2.45) is 0 Å². The van der Waals surface area contributed by atoms with Crippen molar-refractivity contribution < 1.29 is 10.0 Å². The average molecular weight is 424 g/mol.